The zero-order valence-electron chi connectivity index (χ0n) is 8.49. The van der Waals surface area contributed by atoms with Crippen LogP contribution in [0.3, 0.4) is 0 Å². The Kier molecular flexibility index (Phi) is 3.16. The molecule has 4 heteroatoms. The number of aromatic amines is 1. The van der Waals surface area contributed by atoms with Crippen molar-refractivity contribution in [1.29, 1.82) is 0 Å². The van der Waals surface area contributed by atoms with Crippen molar-refractivity contribution in [3.05, 3.63) is 18.0 Å². The Bertz CT molecular complexity index is 260. The first-order chi connectivity index (χ1) is 6.88. The van der Waals surface area contributed by atoms with E-state index in [2.05, 4.69) is 15.5 Å². The highest BCUT2D eigenvalue weighted by Gasteiger charge is 2.23. The molecule has 2 atom stereocenters. The molecule has 1 saturated carbocycles. The SMILES string of the molecule is COC1CCC(NCc2ccn[nH]2)C1. The highest BCUT2D eigenvalue weighted by molar-refractivity contribution is 4.97. The molecule has 4 nitrogen and oxygen atoms in total. The zero-order chi connectivity index (χ0) is 9.80. The van der Waals surface area contributed by atoms with Gasteiger partial charge in [0.15, 0.2) is 0 Å². The summed E-state index contributed by atoms with van der Waals surface area (Å²) in [5.74, 6) is 0. The summed E-state index contributed by atoms with van der Waals surface area (Å²) >= 11 is 0. The van der Waals surface area contributed by atoms with Gasteiger partial charge in [-0.15, -0.1) is 0 Å². The van der Waals surface area contributed by atoms with Crippen LogP contribution in [0.4, 0.5) is 0 Å². The molecule has 1 fully saturated rings. The lowest BCUT2D eigenvalue weighted by atomic mass is 10.2. The standard InChI is InChI=1S/C10H17N3O/c1-14-10-3-2-8(6-10)11-7-9-4-5-12-13-9/h4-5,8,10-11H,2-3,6-7H2,1H3,(H,12,13). The van der Waals surface area contributed by atoms with Gasteiger partial charge in [0.2, 0.25) is 0 Å². The molecule has 1 heterocycles. The summed E-state index contributed by atoms with van der Waals surface area (Å²) in [6.07, 6.45) is 5.76. The van der Waals surface area contributed by atoms with Gasteiger partial charge >= 0.3 is 0 Å². The number of H-pyrrole nitrogens is 1. The number of hydrogen-bond acceptors (Lipinski definition) is 3. The van der Waals surface area contributed by atoms with E-state index in [1.165, 1.54) is 12.8 Å². The minimum absolute atomic E-state index is 0.453. The van der Waals surface area contributed by atoms with Gasteiger partial charge < -0.3 is 10.1 Å². The number of methoxy groups -OCH3 is 1. The minimum Gasteiger partial charge on any atom is -0.381 e. The molecule has 1 aromatic heterocycles. The lowest BCUT2D eigenvalue weighted by Gasteiger charge is -2.11. The van der Waals surface area contributed by atoms with Crippen LogP contribution in [-0.4, -0.2) is 29.5 Å². The zero-order valence-corrected chi connectivity index (χ0v) is 8.49. The van der Waals surface area contributed by atoms with Crippen LogP contribution in [0.25, 0.3) is 0 Å². The van der Waals surface area contributed by atoms with Gasteiger partial charge in [0.25, 0.3) is 0 Å². The Morgan fingerprint density at radius 2 is 2.57 bits per heavy atom. The van der Waals surface area contributed by atoms with Gasteiger partial charge in [0, 0.05) is 31.6 Å². The first kappa shape index (κ1) is 9.68. The van der Waals surface area contributed by atoms with Gasteiger partial charge in [0.1, 0.15) is 0 Å². The smallest absolute Gasteiger partial charge is 0.0586 e. The molecule has 1 aliphatic rings. The van der Waals surface area contributed by atoms with Gasteiger partial charge in [0.05, 0.1) is 6.10 Å². The maximum absolute atomic E-state index is 5.32. The van der Waals surface area contributed by atoms with Crippen LogP contribution in [0.15, 0.2) is 12.3 Å². The largest absolute Gasteiger partial charge is 0.381 e. The maximum Gasteiger partial charge on any atom is 0.0586 e. The molecule has 0 radical (unpaired) electrons. The van der Waals surface area contributed by atoms with Crippen molar-refractivity contribution in [3.8, 4) is 0 Å². The number of rotatable bonds is 4. The summed E-state index contributed by atoms with van der Waals surface area (Å²) in [4.78, 5) is 0. The second kappa shape index (κ2) is 4.57. The summed E-state index contributed by atoms with van der Waals surface area (Å²) in [5, 5.41) is 10.3. The summed E-state index contributed by atoms with van der Waals surface area (Å²) in [6.45, 7) is 0.876. The molecular formula is C10H17N3O. The van der Waals surface area contributed by atoms with Crippen molar-refractivity contribution in [2.45, 2.75) is 38.0 Å². The fourth-order valence-electron chi connectivity index (χ4n) is 1.98. The Labute approximate surface area is 84.0 Å². The molecule has 78 valence electrons. The number of nitrogens with zero attached hydrogens (tertiary/aromatic N) is 1. The number of nitrogens with one attached hydrogen (secondary N) is 2. The monoisotopic (exact) mass is 195 g/mol. The van der Waals surface area contributed by atoms with E-state index in [0.717, 1.165) is 18.7 Å². The topological polar surface area (TPSA) is 49.9 Å². The van der Waals surface area contributed by atoms with Crippen LogP contribution in [-0.2, 0) is 11.3 Å². The number of ether oxygens (including phenoxy) is 1. The summed E-state index contributed by atoms with van der Waals surface area (Å²) in [6, 6.07) is 2.60. The Hall–Kier alpha value is -0.870. The summed E-state index contributed by atoms with van der Waals surface area (Å²) < 4.78 is 5.32. The summed E-state index contributed by atoms with van der Waals surface area (Å²) in [7, 11) is 1.79. The Morgan fingerprint density at radius 1 is 1.64 bits per heavy atom. The average molecular weight is 195 g/mol. The molecule has 0 saturated heterocycles. The fourth-order valence-corrected chi connectivity index (χ4v) is 1.98. The third-order valence-corrected chi connectivity index (χ3v) is 2.86. The first-order valence-corrected chi connectivity index (χ1v) is 5.13. The molecule has 2 N–H and O–H groups in total. The number of hydrogen-bond donors (Lipinski definition) is 2. The lowest BCUT2D eigenvalue weighted by molar-refractivity contribution is 0.107. The van der Waals surface area contributed by atoms with Crippen molar-refractivity contribution >= 4 is 0 Å². The van der Waals surface area contributed by atoms with E-state index >= 15 is 0 Å². The predicted octanol–water partition coefficient (Wildman–Crippen LogP) is 1.07. The first-order valence-electron chi connectivity index (χ1n) is 5.13. The lowest BCUT2D eigenvalue weighted by Crippen LogP contribution is -2.26. The molecule has 14 heavy (non-hydrogen) atoms. The maximum atomic E-state index is 5.32. The van der Waals surface area contributed by atoms with Gasteiger partial charge in [-0.3, -0.25) is 5.10 Å². The van der Waals surface area contributed by atoms with Crippen LogP contribution >= 0.6 is 0 Å². The van der Waals surface area contributed by atoms with Crippen LogP contribution < -0.4 is 5.32 Å². The van der Waals surface area contributed by atoms with E-state index in [1.807, 2.05) is 6.07 Å². The molecule has 0 aromatic carbocycles. The minimum atomic E-state index is 0.453. The van der Waals surface area contributed by atoms with Crippen molar-refractivity contribution in [3.63, 3.8) is 0 Å². The summed E-state index contributed by atoms with van der Waals surface area (Å²) in [5.41, 5.74) is 1.14. The van der Waals surface area contributed by atoms with E-state index < -0.39 is 0 Å². The highest BCUT2D eigenvalue weighted by atomic mass is 16.5. The van der Waals surface area contributed by atoms with E-state index in [-0.39, 0.29) is 0 Å². The second-order valence-corrected chi connectivity index (χ2v) is 3.83. The van der Waals surface area contributed by atoms with Crippen molar-refractivity contribution < 1.29 is 4.74 Å². The Morgan fingerprint density at radius 3 is 3.21 bits per heavy atom. The van der Waals surface area contributed by atoms with Crippen molar-refractivity contribution in [1.82, 2.24) is 15.5 Å². The third kappa shape index (κ3) is 2.33. The van der Waals surface area contributed by atoms with Gasteiger partial charge in [-0.1, -0.05) is 0 Å². The van der Waals surface area contributed by atoms with Crippen molar-refractivity contribution in [2.24, 2.45) is 0 Å². The van der Waals surface area contributed by atoms with E-state index in [9.17, 15) is 0 Å². The third-order valence-electron chi connectivity index (χ3n) is 2.86. The van der Waals surface area contributed by atoms with E-state index in [1.54, 1.807) is 13.3 Å². The Balaban J connectivity index is 1.72. The van der Waals surface area contributed by atoms with Crippen LogP contribution in [0.5, 0.6) is 0 Å². The van der Waals surface area contributed by atoms with Crippen molar-refractivity contribution in [2.75, 3.05) is 7.11 Å². The van der Waals surface area contributed by atoms with Gasteiger partial charge in [-0.25, -0.2) is 0 Å². The molecule has 2 unspecified atom stereocenters. The quantitative estimate of drug-likeness (QED) is 0.755. The van der Waals surface area contributed by atoms with E-state index in [4.69, 9.17) is 4.74 Å². The average Bonchev–Trinajstić information content (AvgIpc) is 2.86. The fraction of sp³-hybridized carbons (Fsp3) is 0.700. The second-order valence-electron chi connectivity index (χ2n) is 3.83. The van der Waals surface area contributed by atoms with Crippen LogP contribution in [0.2, 0.25) is 0 Å². The predicted molar refractivity (Wildman–Crippen MR) is 53.9 cm³/mol. The number of aromatic nitrogens is 2. The molecule has 0 amide bonds. The molecule has 2 rings (SSSR count). The molecule has 0 bridgehead atoms. The normalized spacial score (nSPS) is 26.9. The molecule has 0 spiro atoms. The van der Waals surface area contributed by atoms with Crippen LogP contribution in [0, 0.1) is 0 Å². The van der Waals surface area contributed by atoms with E-state index in [0.29, 0.717) is 12.1 Å². The highest BCUT2D eigenvalue weighted by Crippen LogP contribution is 2.21. The van der Waals surface area contributed by atoms with Gasteiger partial charge in [-0.2, -0.15) is 5.10 Å². The molecule has 0 aliphatic heterocycles. The molecule has 1 aliphatic carbocycles. The molecule has 1 aromatic rings. The molecular weight excluding hydrogens is 178 g/mol. The van der Waals surface area contributed by atoms with Crippen LogP contribution in [0.1, 0.15) is 25.0 Å². The van der Waals surface area contributed by atoms with Gasteiger partial charge in [-0.05, 0) is 25.3 Å².